The van der Waals surface area contributed by atoms with Gasteiger partial charge in [-0.2, -0.15) is 0 Å². The van der Waals surface area contributed by atoms with E-state index in [1.807, 2.05) is 5.38 Å². The number of hydrogen-bond donors (Lipinski definition) is 0. The maximum atomic E-state index is 10.8. The second kappa shape index (κ2) is 2.75. The third kappa shape index (κ3) is 1.34. The van der Waals surface area contributed by atoms with Gasteiger partial charge in [0, 0.05) is 10.3 Å². The van der Waals surface area contributed by atoms with Crippen molar-refractivity contribution in [3.05, 3.63) is 37.3 Å². The van der Waals surface area contributed by atoms with Gasteiger partial charge in [-0.25, -0.2) is 0 Å². The molecule has 0 N–H and O–H groups in total. The van der Waals surface area contributed by atoms with Gasteiger partial charge in [0.25, 0.3) is 4.06 Å². The minimum absolute atomic E-state index is 0.182. The SMILES string of the molecule is O=c1scc(C2=CCC=C2)s1. The van der Waals surface area contributed by atoms with E-state index in [0.29, 0.717) is 0 Å². The van der Waals surface area contributed by atoms with Gasteiger partial charge in [0.2, 0.25) is 0 Å². The Morgan fingerprint density at radius 3 is 2.91 bits per heavy atom. The van der Waals surface area contributed by atoms with Crippen LogP contribution < -0.4 is 4.06 Å². The summed E-state index contributed by atoms with van der Waals surface area (Å²) < 4.78 is 0.182. The van der Waals surface area contributed by atoms with E-state index >= 15 is 0 Å². The van der Waals surface area contributed by atoms with Crippen LogP contribution in [0.5, 0.6) is 0 Å². The molecule has 0 spiro atoms. The summed E-state index contributed by atoms with van der Waals surface area (Å²) in [6, 6.07) is 0. The van der Waals surface area contributed by atoms with Crippen molar-refractivity contribution in [3.8, 4) is 0 Å². The van der Waals surface area contributed by atoms with Gasteiger partial charge in [-0.05, 0) is 12.0 Å². The Hall–Kier alpha value is -0.670. The lowest BCUT2D eigenvalue weighted by molar-refractivity contribution is 1.45. The summed E-state index contributed by atoms with van der Waals surface area (Å²) in [5.41, 5.74) is 1.20. The van der Waals surface area contributed by atoms with Crippen LogP contribution in [0.25, 0.3) is 5.57 Å². The van der Waals surface area contributed by atoms with Crippen molar-refractivity contribution < 1.29 is 0 Å². The first-order valence-corrected chi connectivity index (χ1v) is 5.01. The summed E-state index contributed by atoms with van der Waals surface area (Å²) in [5.74, 6) is 0. The molecule has 1 aliphatic carbocycles. The molecule has 0 aliphatic heterocycles. The van der Waals surface area contributed by atoms with E-state index < -0.39 is 0 Å². The molecule has 0 fully saturated rings. The van der Waals surface area contributed by atoms with E-state index in [1.54, 1.807) is 0 Å². The zero-order valence-electron chi connectivity index (χ0n) is 5.74. The molecule has 1 nitrogen and oxygen atoms in total. The molecule has 1 aliphatic rings. The highest BCUT2D eigenvalue weighted by molar-refractivity contribution is 7.26. The Morgan fingerprint density at radius 1 is 1.45 bits per heavy atom. The topological polar surface area (TPSA) is 17.1 Å². The molecule has 1 aromatic rings. The fraction of sp³-hybridized carbons (Fsp3) is 0.125. The van der Waals surface area contributed by atoms with E-state index in [-0.39, 0.29) is 4.06 Å². The molecule has 1 heterocycles. The Balaban J connectivity index is 2.43. The predicted octanol–water partition coefficient (Wildman–Crippen LogP) is 2.51. The van der Waals surface area contributed by atoms with Crippen molar-refractivity contribution in [1.29, 1.82) is 0 Å². The van der Waals surface area contributed by atoms with Gasteiger partial charge in [0.05, 0.1) is 0 Å². The van der Waals surface area contributed by atoms with Gasteiger partial charge in [-0.1, -0.05) is 40.9 Å². The first kappa shape index (κ1) is 7.00. The molecule has 56 valence electrons. The maximum absolute atomic E-state index is 10.8. The third-order valence-electron chi connectivity index (χ3n) is 1.51. The molecule has 0 saturated heterocycles. The lowest BCUT2D eigenvalue weighted by Crippen LogP contribution is -1.75. The molecular formula is C8H6OS2. The standard InChI is InChI=1S/C8H6OS2/c9-8-10-5-7(11-8)6-3-1-2-4-6/h1,3-5H,2H2. The smallest absolute Gasteiger partial charge is 0.265 e. The number of allylic oxidation sites excluding steroid dienone is 4. The van der Waals surface area contributed by atoms with Crippen molar-refractivity contribution in [2.24, 2.45) is 0 Å². The Bertz CT molecular complexity index is 367. The van der Waals surface area contributed by atoms with Crippen molar-refractivity contribution in [1.82, 2.24) is 0 Å². The minimum Gasteiger partial charge on any atom is -0.265 e. The van der Waals surface area contributed by atoms with Crippen LogP contribution >= 0.6 is 22.7 Å². The van der Waals surface area contributed by atoms with Crippen molar-refractivity contribution >= 4 is 28.2 Å². The molecule has 3 heteroatoms. The molecule has 1 aromatic heterocycles. The molecule has 0 radical (unpaired) electrons. The average Bonchev–Trinajstić information content (AvgIpc) is 2.55. The van der Waals surface area contributed by atoms with Crippen LogP contribution in [-0.4, -0.2) is 0 Å². The summed E-state index contributed by atoms with van der Waals surface area (Å²) in [6.07, 6.45) is 7.31. The van der Waals surface area contributed by atoms with Crippen molar-refractivity contribution in [2.75, 3.05) is 0 Å². The molecule has 11 heavy (non-hydrogen) atoms. The molecule has 0 atom stereocenters. The van der Waals surface area contributed by atoms with Crippen LogP contribution in [-0.2, 0) is 0 Å². The molecular weight excluding hydrogens is 176 g/mol. The largest absolute Gasteiger partial charge is 0.287 e. The van der Waals surface area contributed by atoms with Crippen LogP contribution in [0.3, 0.4) is 0 Å². The normalized spacial score (nSPS) is 15.5. The highest BCUT2D eigenvalue weighted by atomic mass is 32.2. The molecule has 0 aromatic carbocycles. The van der Waals surface area contributed by atoms with Gasteiger partial charge in [-0.15, -0.1) is 0 Å². The Morgan fingerprint density at radius 2 is 2.36 bits per heavy atom. The second-order valence-corrected chi connectivity index (χ2v) is 4.36. The highest BCUT2D eigenvalue weighted by Crippen LogP contribution is 2.24. The van der Waals surface area contributed by atoms with Gasteiger partial charge in [0.15, 0.2) is 0 Å². The molecule has 0 unspecified atom stereocenters. The third-order valence-corrected chi connectivity index (χ3v) is 3.49. The van der Waals surface area contributed by atoms with Gasteiger partial charge >= 0.3 is 0 Å². The van der Waals surface area contributed by atoms with E-state index in [9.17, 15) is 4.79 Å². The van der Waals surface area contributed by atoms with Crippen LogP contribution in [0.4, 0.5) is 0 Å². The van der Waals surface area contributed by atoms with Gasteiger partial charge in [-0.3, -0.25) is 4.79 Å². The van der Waals surface area contributed by atoms with E-state index in [0.717, 1.165) is 11.3 Å². The van der Waals surface area contributed by atoms with Crippen molar-refractivity contribution in [2.45, 2.75) is 6.42 Å². The van der Waals surface area contributed by atoms with Crippen LogP contribution in [0, 0.1) is 0 Å². The quantitative estimate of drug-likeness (QED) is 0.652. The van der Waals surface area contributed by atoms with Crippen LogP contribution in [0.15, 0.2) is 28.4 Å². The maximum Gasteiger partial charge on any atom is 0.287 e. The van der Waals surface area contributed by atoms with Crippen LogP contribution in [0.2, 0.25) is 0 Å². The predicted molar refractivity (Wildman–Crippen MR) is 50.2 cm³/mol. The lowest BCUT2D eigenvalue weighted by atomic mass is 10.3. The molecule has 0 amide bonds. The van der Waals surface area contributed by atoms with E-state index in [2.05, 4.69) is 18.2 Å². The number of rotatable bonds is 1. The lowest BCUT2D eigenvalue weighted by Gasteiger charge is -1.88. The zero-order chi connectivity index (χ0) is 7.68. The van der Waals surface area contributed by atoms with Crippen LogP contribution in [0.1, 0.15) is 11.3 Å². The van der Waals surface area contributed by atoms with E-state index in [4.69, 9.17) is 0 Å². The molecule has 2 rings (SSSR count). The summed E-state index contributed by atoms with van der Waals surface area (Å²) in [7, 11) is 0. The fourth-order valence-corrected chi connectivity index (χ4v) is 2.74. The van der Waals surface area contributed by atoms with Gasteiger partial charge in [0.1, 0.15) is 0 Å². The summed E-state index contributed by atoms with van der Waals surface area (Å²) in [6.45, 7) is 0. The first-order valence-electron chi connectivity index (χ1n) is 3.32. The summed E-state index contributed by atoms with van der Waals surface area (Å²) in [5, 5.41) is 1.93. The van der Waals surface area contributed by atoms with Crippen molar-refractivity contribution in [3.63, 3.8) is 0 Å². The summed E-state index contributed by atoms with van der Waals surface area (Å²) in [4.78, 5) is 11.9. The monoisotopic (exact) mass is 182 g/mol. The minimum atomic E-state index is 0.182. The van der Waals surface area contributed by atoms with Gasteiger partial charge < -0.3 is 0 Å². The Labute approximate surface area is 72.3 Å². The average molecular weight is 182 g/mol. The highest BCUT2D eigenvalue weighted by Gasteiger charge is 2.03. The van der Waals surface area contributed by atoms with E-state index in [1.165, 1.54) is 28.2 Å². The first-order chi connectivity index (χ1) is 5.36. The fourth-order valence-electron chi connectivity index (χ4n) is 1.01. The second-order valence-electron chi connectivity index (χ2n) is 2.25. The molecule has 0 bridgehead atoms. The number of hydrogen-bond acceptors (Lipinski definition) is 3. The molecule has 0 saturated carbocycles. The summed E-state index contributed by atoms with van der Waals surface area (Å²) >= 11 is 2.61. The Kier molecular flexibility index (Phi) is 1.75. The zero-order valence-corrected chi connectivity index (χ0v) is 7.37.